The van der Waals surface area contributed by atoms with Gasteiger partial charge in [0.25, 0.3) is 0 Å². The highest BCUT2D eigenvalue weighted by Gasteiger charge is 2.19. The Labute approximate surface area is 117 Å². The molecule has 0 unspecified atom stereocenters. The molecule has 2 rings (SSSR count). The van der Waals surface area contributed by atoms with Gasteiger partial charge < -0.3 is 5.32 Å². The van der Waals surface area contributed by atoms with E-state index in [0.717, 1.165) is 18.0 Å². The number of nitrogens with zero attached hydrogens (tertiary/aromatic N) is 4. The molecule has 0 spiro atoms. The molecule has 0 saturated heterocycles. The molecule has 7 nitrogen and oxygen atoms in total. The van der Waals surface area contributed by atoms with E-state index < -0.39 is 4.92 Å². The monoisotopic (exact) mass is 297 g/mol. The SMILES string of the molecule is CNc1ncc([N+](=O)[O-])c(Sc2ncccc2Cl)n1. The summed E-state index contributed by atoms with van der Waals surface area (Å²) in [5.41, 5.74) is -0.189. The van der Waals surface area contributed by atoms with Gasteiger partial charge in [-0.05, 0) is 23.9 Å². The fraction of sp³-hybridized carbons (Fsp3) is 0.100. The molecule has 98 valence electrons. The second-order valence-corrected chi connectivity index (χ2v) is 4.67. The summed E-state index contributed by atoms with van der Waals surface area (Å²) >= 11 is 6.99. The number of hydrogen-bond donors (Lipinski definition) is 1. The van der Waals surface area contributed by atoms with Crippen LogP contribution in [-0.4, -0.2) is 26.9 Å². The molecule has 19 heavy (non-hydrogen) atoms. The Morgan fingerprint density at radius 2 is 2.21 bits per heavy atom. The van der Waals surface area contributed by atoms with Crippen molar-refractivity contribution in [2.24, 2.45) is 0 Å². The van der Waals surface area contributed by atoms with Gasteiger partial charge in [0.2, 0.25) is 5.95 Å². The van der Waals surface area contributed by atoms with Gasteiger partial charge in [0, 0.05) is 13.2 Å². The van der Waals surface area contributed by atoms with E-state index in [2.05, 4.69) is 20.3 Å². The molecule has 0 saturated carbocycles. The average Bonchev–Trinajstić information content (AvgIpc) is 2.41. The molecule has 9 heteroatoms. The summed E-state index contributed by atoms with van der Waals surface area (Å²) in [6.45, 7) is 0. The molecule has 0 amide bonds. The van der Waals surface area contributed by atoms with Crippen molar-refractivity contribution in [2.45, 2.75) is 10.1 Å². The Hall–Kier alpha value is -1.93. The zero-order valence-electron chi connectivity index (χ0n) is 9.70. The molecule has 0 aromatic carbocycles. The second kappa shape index (κ2) is 5.81. The van der Waals surface area contributed by atoms with Gasteiger partial charge in [0.1, 0.15) is 11.2 Å². The summed E-state index contributed by atoms with van der Waals surface area (Å²) in [7, 11) is 1.63. The number of anilines is 1. The van der Waals surface area contributed by atoms with Crippen molar-refractivity contribution < 1.29 is 4.92 Å². The van der Waals surface area contributed by atoms with Crippen LogP contribution in [0, 0.1) is 10.1 Å². The van der Waals surface area contributed by atoms with Crippen LogP contribution in [0.5, 0.6) is 0 Å². The Balaban J connectivity index is 2.43. The lowest BCUT2D eigenvalue weighted by Gasteiger charge is -2.04. The van der Waals surface area contributed by atoms with Crippen LogP contribution in [0.15, 0.2) is 34.6 Å². The molecule has 0 radical (unpaired) electrons. The maximum atomic E-state index is 10.9. The van der Waals surface area contributed by atoms with Crippen molar-refractivity contribution in [3.8, 4) is 0 Å². The number of halogens is 1. The molecule has 0 bridgehead atoms. The van der Waals surface area contributed by atoms with E-state index in [0.29, 0.717) is 16.0 Å². The summed E-state index contributed by atoms with van der Waals surface area (Å²) in [5.74, 6) is 0.292. The highest BCUT2D eigenvalue weighted by Crippen LogP contribution is 2.35. The summed E-state index contributed by atoms with van der Waals surface area (Å²) < 4.78 is 0. The summed E-state index contributed by atoms with van der Waals surface area (Å²) in [6.07, 6.45) is 2.71. The first-order chi connectivity index (χ1) is 9.11. The standard InChI is InChI=1S/C10H8ClN5O2S/c1-12-10-14-5-7(16(17)18)9(15-10)19-8-6(11)3-2-4-13-8/h2-5H,1H3,(H,12,14,15). The molecule has 0 aliphatic heterocycles. The van der Waals surface area contributed by atoms with Crippen LogP contribution < -0.4 is 5.32 Å². The summed E-state index contributed by atoms with van der Waals surface area (Å²) in [6, 6.07) is 3.34. The molecule has 2 aromatic heterocycles. The molecule has 0 atom stereocenters. The maximum absolute atomic E-state index is 10.9. The maximum Gasteiger partial charge on any atom is 0.320 e. The fourth-order valence-electron chi connectivity index (χ4n) is 1.22. The number of nitrogens with one attached hydrogen (secondary N) is 1. The van der Waals surface area contributed by atoms with E-state index >= 15 is 0 Å². The van der Waals surface area contributed by atoms with Crippen molar-refractivity contribution in [1.82, 2.24) is 15.0 Å². The van der Waals surface area contributed by atoms with Crippen molar-refractivity contribution in [1.29, 1.82) is 0 Å². The van der Waals surface area contributed by atoms with Crippen LogP contribution in [0.2, 0.25) is 5.02 Å². The van der Waals surface area contributed by atoms with Crippen molar-refractivity contribution >= 4 is 35.0 Å². The zero-order valence-corrected chi connectivity index (χ0v) is 11.3. The fourth-order valence-corrected chi connectivity index (χ4v) is 2.28. The summed E-state index contributed by atoms with van der Waals surface area (Å²) in [5, 5.41) is 14.7. The van der Waals surface area contributed by atoms with Crippen LogP contribution in [0.3, 0.4) is 0 Å². The number of hydrogen-bond acceptors (Lipinski definition) is 7. The molecule has 0 aliphatic rings. The first-order valence-corrected chi connectivity index (χ1v) is 6.29. The molecular weight excluding hydrogens is 290 g/mol. The Kier molecular flexibility index (Phi) is 4.13. The van der Waals surface area contributed by atoms with E-state index in [1.165, 1.54) is 0 Å². The molecule has 1 N–H and O–H groups in total. The lowest BCUT2D eigenvalue weighted by atomic mass is 10.5. The van der Waals surface area contributed by atoms with Crippen molar-refractivity contribution in [3.05, 3.63) is 39.7 Å². The highest BCUT2D eigenvalue weighted by molar-refractivity contribution is 7.99. The zero-order chi connectivity index (χ0) is 13.8. The van der Waals surface area contributed by atoms with Gasteiger partial charge in [-0.25, -0.2) is 9.97 Å². The first-order valence-electron chi connectivity index (χ1n) is 5.09. The van der Waals surface area contributed by atoms with Gasteiger partial charge in [-0.15, -0.1) is 0 Å². The van der Waals surface area contributed by atoms with E-state index in [1.54, 1.807) is 25.4 Å². The molecule has 2 aromatic rings. The summed E-state index contributed by atoms with van der Waals surface area (Å²) in [4.78, 5) is 22.3. The highest BCUT2D eigenvalue weighted by atomic mass is 35.5. The van der Waals surface area contributed by atoms with E-state index in [9.17, 15) is 10.1 Å². The van der Waals surface area contributed by atoms with Crippen LogP contribution in [0.25, 0.3) is 0 Å². The van der Waals surface area contributed by atoms with Gasteiger partial charge in [-0.2, -0.15) is 4.98 Å². The normalized spacial score (nSPS) is 10.2. The van der Waals surface area contributed by atoms with Gasteiger partial charge >= 0.3 is 5.69 Å². The predicted molar refractivity (Wildman–Crippen MR) is 71.6 cm³/mol. The molecule has 0 fully saturated rings. The number of aromatic nitrogens is 3. The minimum absolute atomic E-state index is 0.185. The minimum atomic E-state index is -0.543. The van der Waals surface area contributed by atoms with E-state index in [-0.39, 0.29) is 10.7 Å². The average molecular weight is 298 g/mol. The molecule has 2 heterocycles. The number of rotatable bonds is 4. The topological polar surface area (TPSA) is 93.8 Å². The van der Waals surface area contributed by atoms with Crippen LogP contribution in [0.1, 0.15) is 0 Å². The van der Waals surface area contributed by atoms with Crippen LogP contribution >= 0.6 is 23.4 Å². The van der Waals surface area contributed by atoms with Crippen molar-refractivity contribution in [3.63, 3.8) is 0 Å². The first kappa shape index (κ1) is 13.5. The Morgan fingerprint density at radius 1 is 1.42 bits per heavy atom. The van der Waals surface area contributed by atoms with Gasteiger partial charge in [0.15, 0.2) is 5.03 Å². The smallest absolute Gasteiger partial charge is 0.320 e. The largest absolute Gasteiger partial charge is 0.357 e. The Morgan fingerprint density at radius 3 is 2.84 bits per heavy atom. The van der Waals surface area contributed by atoms with Crippen molar-refractivity contribution in [2.75, 3.05) is 12.4 Å². The minimum Gasteiger partial charge on any atom is -0.357 e. The molecular formula is C10H8ClN5O2S. The van der Waals surface area contributed by atoms with Crippen LogP contribution in [0.4, 0.5) is 11.6 Å². The van der Waals surface area contributed by atoms with Gasteiger partial charge in [0.05, 0.1) is 9.95 Å². The van der Waals surface area contributed by atoms with Gasteiger partial charge in [-0.3, -0.25) is 10.1 Å². The lowest BCUT2D eigenvalue weighted by Crippen LogP contribution is -2.01. The second-order valence-electron chi connectivity index (χ2n) is 3.28. The third-order valence-electron chi connectivity index (χ3n) is 2.07. The third kappa shape index (κ3) is 3.09. The predicted octanol–water partition coefficient (Wildman–Crippen LogP) is 2.63. The van der Waals surface area contributed by atoms with Crippen LogP contribution in [-0.2, 0) is 0 Å². The Bertz CT molecular complexity index is 625. The third-order valence-corrected chi connectivity index (χ3v) is 3.50. The quantitative estimate of drug-likeness (QED) is 0.526. The number of pyridine rings is 1. The lowest BCUT2D eigenvalue weighted by molar-refractivity contribution is -0.388. The van der Waals surface area contributed by atoms with E-state index in [1.807, 2.05) is 0 Å². The van der Waals surface area contributed by atoms with E-state index in [4.69, 9.17) is 11.6 Å². The van der Waals surface area contributed by atoms with Gasteiger partial charge in [-0.1, -0.05) is 11.6 Å². The number of nitro groups is 1. The molecule has 0 aliphatic carbocycles.